The quantitative estimate of drug-likeness (QED) is 0.792. The number of nitrogens with two attached hydrogens (primary N) is 1. The average molecular weight is 411 g/mol. The topological polar surface area (TPSA) is 90.0 Å². The van der Waals surface area contributed by atoms with Crippen LogP contribution in [0.1, 0.15) is 55.4 Å². The molecule has 2 aliphatic rings. The summed E-state index contributed by atoms with van der Waals surface area (Å²) in [7, 11) is 0. The van der Waals surface area contributed by atoms with E-state index in [0.29, 0.717) is 13.1 Å². The third-order valence-corrected chi connectivity index (χ3v) is 7.08. The van der Waals surface area contributed by atoms with E-state index in [1.54, 1.807) is 22.2 Å². The van der Waals surface area contributed by atoms with Crippen molar-refractivity contribution in [2.24, 2.45) is 5.73 Å². The Morgan fingerprint density at radius 3 is 2.74 bits per heavy atom. The first kappa shape index (κ1) is 20.3. The van der Waals surface area contributed by atoms with E-state index in [0.717, 1.165) is 55.2 Å². The molecule has 2 aromatic rings. The van der Waals surface area contributed by atoms with Gasteiger partial charge in [-0.05, 0) is 44.1 Å². The van der Waals surface area contributed by atoms with Gasteiger partial charge in [-0.1, -0.05) is 12.8 Å². The highest BCUT2D eigenvalue weighted by atomic mass is 35.5. The Kier molecular flexibility index (Phi) is 6.23. The molecule has 1 amide bonds. The predicted octanol–water partition coefficient (Wildman–Crippen LogP) is 2.54. The number of hydrogen-bond donors (Lipinski definition) is 2. The second-order valence-electron chi connectivity index (χ2n) is 7.62. The van der Waals surface area contributed by atoms with Crippen LogP contribution in [-0.4, -0.2) is 27.5 Å². The summed E-state index contributed by atoms with van der Waals surface area (Å²) in [6, 6.07) is 0. The summed E-state index contributed by atoms with van der Waals surface area (Å²) in [5.41, 5.74) is 6.84. The minimum atomic E-state index is -0.239. The number of nitrogens with one attached hydrogen (secondary N) is 1. The van der Waals surface area contributed by atoms with Crippen molar-refractivity contribution in [1.82, 2.24) is 14.9 Å². The van der Waals surface area contributed by atoms with Gasteiger partial charge >= 0.3 is 0 Å². The minimum Gasteiger partial charge on any atom is -0.349 e. The summed E-state index contributed by atoms with van der Waals surface area (Å²) in [4.78, 5) is 32.0. The summed E-state index contributed by atoms with van der Waals surface area (Å²) >= 11 is 1.65. The molecule has 3 N–H and O–H groups in total. The van der Waals surface area contributed by atoms with Crippen LogP contribution in [0.25, 0.3) is 10.2 Å². The van der Waals surface area contributed by atoms with Gasteiger partial charge in [0.25, 0.3) is 5.56 Å². The largest absolute Gasteiger partial charge is 0.349 e. The maximum atomic E-state index is 12.9. The lowest BCUT2D eigenvalue weighted by Gasteiger charge is -2.28. The number of carbonyl (C=O) groups is 1. The fourth-order valence-electron chi connectivity index (χ4n) is 4.35. The molecule has 0 radical (unpaired) electrons. The summed E-state index contributed by atoms with van der Waals surface area (Å²) in [6.45, 7) is 0.839. The molecule has 8 heteroatoms. The second-order valence-corrected chi connectivity index (χ2v) is 8.71. The smallest absolute Gasteiger partial charge is 0.262 e. The maximum absolute atomic E-state index is 12.9. The van der Waals surface area contributed by atoms with Crippen LogP contribution in [0, 0.1) is 0 Å². The fourth-order valence-corrected chi connectivity index (χ4v) is 5.57. The first-order valence-electron chi connectivity index (χ1n) is 9.63. The normalized spacial score (nSPS) is 18.1. The number of hydrogen-bond acceptors (Lipinski definition) is 5. The number of amides is 1. The van der Waals surface area contributed by atoms with Gasteiger partial charge in [0.2, 0.25) is 5.91 Å². The zero-order valence-corrected chi connectivity index (χ0v) is 17.1. The van der Waals surface area contributed by atoms with Crippen LogP contribution >= 0.6 is 23.7 Å². The van der Waals surface area contributed by atoms with Crippen LogP contribution < -0.4 is 16.6 Å². The van der Waals surface area contributed by atoms with Crippen LogP contribution in [0.15, 0.2) is 11.1 Å². The molecule has 0 spiro atoms. The van der Waals surface area contributed by atoms with Gasteiger partial charge < -0.3 is 11.1 Å². The summed E-state index contributed by atoms with van der Waals surface area (Å²) < 4.78 is 1.59. The summed E-state index contributed by atoms with van der Waals surface area (Å²) in [6.07, 6.45) is 10.3. The lowest BCUT2D eigenvalue weighted by molar-refractivity contribution is -0.123. The Morgan fingerprint density at radius 2 is 2.00 bits per heavy atom. The summed E-state index contributed by atoms with van der Waals surface area (Å²) in [5, 5.41) is 3.90. The molecule has 1 saturated carbocycles. The zero-order chi connectivity index (χ0) is 18.1. The highest BCUT2D eigenvalue weighted by molar-refractivity contribution is 7.18. The molecule has 6 nitrogen and oxygen atoms in total. The van der Waals surface area contributed by atoms with Gasteiger partial charge in [0.15, 0.2) is 0 Å². The maximum Gasteiger partial charge on any atom is 0.262 e. The Balaban J connectivity index is 0.00000210. The van der Waals surface area contributed by atoms with Gasteiger partial charge in [-0.25, -0.2) is 4.98 Å². The number of carbonyl (C=O) groups excluding carboxylic acids is 1. The van der Waals surface area contributed by atoms with Crippen molar-refractivity contribution in [2.75, 3.05) is 6.54 Å². The van der Waals surface area contributed by atoms with Crippen LogP contribution in [0.5, 0.6) is 0 Å². The molecule has 2 aliphatic carbocycles. The monoisotopic (exact) mass is 410 g/mol. The molecular weight excluding hydrogens is 384 g/mol. The van der Waals surface area contributed by atoms with E-state index in [1.165, 1.54) is 16.9 Å². The van der Waals surface area contributed by atoms with E-state index in [9.17, 15) is 9.59 Å². The number of aromatic nitrogens is 2. The van der Waals surface area contributed by atoms with Gasteiger partial charge in [-0.15, -0.1) is 23.7 Å². The van der Waals surface area contributed by atoms with E-state index in [-0.39, 0.29) is 35.8 Å². The van der Waals surface area contributed by atoms with Gasteiger partial charge in [-0.2, -0.15) is 0 Å². The molecule has 0 aromatic carbocycles. The highest BCUT2D eigenvalue weighted by Gasteiger charge is 2.33. The third kappa shape index (κ3) is 3.91. The van der Waals surface area contributed by atoms with Crippen LogP contribution in [0.4, 0.5) is 0 Å². The van der Waals surface area contributed by atoms with E-state index in [2.05, 4.69) is 10.3 Å². The van der Waals surface area contributed by atoms with E-state index < -0.39 is 0 Å². The number of rotatable bonds is 5. The van der Waals surface area contributed by atoms with Crippen molar-refractivity contribution >= 4 is 39.9 Å². The Morgan fingerprint density at radius 1 is 1.26 bits per heavy atom. The van der Waals surface area contributed by atoms with Crippen molar-refractivity contribution in [3.8, 4) is 0 Å². The number of nitrogens with zero attached hydrogens (tertiary/aromatic N) is 2. The molecule has 1 fully saturated rings. The Labute approximate surface area is 169 Å². The molecule has 0 unspecified atom stereocenters. The first-order valence-corrected chi connectivity index (χ1v) is 10.4. The SMILES string of the molecule is Cl.NCC1(NC(=O)CCn2cnc3sc4c(c3c2=O)CCCC4)CCCC1. The number of thiophene rings is 1. The lowest BCUT2D eigenvalue weighted by atomic mass is 9.97. The second kappa shape index (κ2) is 8.29. The van der Waals surface area contributed by atoms with Gasteiger partial charge in [0, 0.05) is 24.4 Å². The third-order valence-electron chi connectivity index (χ3n) is 5.88. The van der Waals surface area contributed by atoms with Crippen molar-refractivity contribution in [3.63, 3.8) is 0 Å². The standard InChI is InChI=1S/C19H26N4O2S.ClH/c20-11-19(8-3-4-9-19)22-15(24)7-10-23-12-21-17-16(18(23)25)13-5-1-2-6-14(13)26-17;/h12H,1-11,20H2,(H,22,24);1H. The molecule has 0 saturated heterocycles. The highest BCUT2D eigenvalue weighted by Crippen LogP contribution is 2.33. The van der Waals surface area contributed by atoms with E-state index in [4.69, 9.17) is 5.73 Å². The van der Waals surface area contributed by atoms with E-state index in [1.807, 2.05) is 0 Å². The van der Waals surface area contributed by atoms with Crippen molar-refractivity contribution in [3.05, 3.63) is 27.1 Å². The van der Waals surface area contributed by atoms with Gasteiger partial charge in [-0.3, -0.25) is 14.2 Å². The van der Waals surface area contributed by atoms with Crippen LogP contribution in [0.3, 0.4) is 0 Å². The Hall–Kier alpha value is -1.44. The summed E-state index contributed by atoms with van der Waals surface area (Å²) in [5.74, 6) is -0.0308. The predicted molar refractivity (Wildman–Crippen MR) is 111 cm³/mol. The minimum absolute atomic E-state index is 0. The van der Waals surface area contributed by atoms with Crippen LogP contribution in [0.2, 0.25) is 0 Å². The van der Waals surface area contributed by atoms with Gasteiger partial charge in [0.05, 0.1) is 17.3 Å². The molecule has 2 aromatic heterocycles. The first-order chi connectivity index (χ1) is 12.6. The number of halogens is 1. The average Bonchev–Trinajstić information content (AvgIpc) is 3.26. The molecular formula is C19H27ClN4O2S. The molecule has 0 aliphatic heterocycles. The lowest BCUT2D eigenvalue weighted by Crippen LogP contribution is -2.51. The molecule has 0 bridgehead atoms. The van der Waals surface area contributed by atoms with Crippen LogP contribution in [-0.2, 0) is 24.2 Å². The Bertz CT molecular complexity index is 886. The van der Waals surface area contributed by atoms with E-state index >= 15 is 0 Å². The molecule has 27 heavy (non-hydrogen) atoms. The van der Waals surface area contributed by atoms with Crippen molar-refractivity contribution < 1.29 is 4.79 Å². The molecule has 2 heterocycles. The van der Waals surface area contributed by atoms with Crippen molar-refractivity contribution in [2.45, 2.75) is 69.9 Å². The molecule has 0 atom stereocenters. The number of fused-ring (bicyclic) bond motifs is 3. The molecule has 148 valence electrons. The fraction of sp³-hybridized carbons (Fsp3) is 0.632. The zero-order valence-electron chi connectivity index (χ0n) is 15.5. The molecule has 4 rings (SSSR count). The number of aryl methyl sites for hydroxylation is 3. The van der Waals surface area contributed by atoms with Gasteiger partial charge in [0.1, 0.15) is 4.83 Å². The van der Waals surface area contributed by atoms with Crippen molar-refractivity contribution in [1.29, 1.82) is 0 Å².